The summed E-state index contributed by atoms with van der Waals surface area (Å²) < 4.78 is 29.4. The number of rotatable bonds is 18. The Kier molecular flexibility index (Phi) is 15.5. The molecule has 1 aromatic rings. The van der Waals surface area contributed by atoms with E-state index in [-0.39, 0.29) is 36.6 Å². The molecule has 0 spiro atoms. The number of amides is 4. The van der Waals surface area contributed by atoms with E-state index in [1.54, 1.807) is 43.1 Å². The zero-order valence-corrected chi connectivity index (χ0v) is 30.4. The average Bonchev–Trinajstić information content (AvgIpc) is 3.46. The number of esters is 1. The van der Waals surface area contributed by atoms with Gasteiger partial charge in [0.25, 0.3) is 0 Å². The minimum Gasteiger partial charge on any atom is -0.461 e. The summed E-state index contributed by atoms with van der Waals surface area (Å²) >= 11 is 0. The topological polar surface area (TPSA) is 180 Å². The van der Waals surface area contributed by atoms with Gasteiger partial charge in [-0.15, -0.1) is 0 Å². The van der Waals surface area contributed by atoms with Crippen molar-refractivity contribution in [3.8, 4) is 0 Å². The lowest BCUT2D eigenvalue weighted by Crippen LogP contribution is -2.59. The standard InChI is InChI=1S/C35H55N5O8S/c1-6-8-9-13-28(36-4)33(43)39-29(19-20-49(5,46)47)35(45)40-30-14-11-10-12-25(30)21-31(40)34(44)38-27(7-2)32(42)37-26-17-15-24(16-18-26)22-48-23(3)41/h15-18,25,27-31,36H,6-14,19-22H2,1-5H3,(H,37,42)(H,38,44)(H,39,43)/t25?,27-,28-,29-,30?,31-/m0/s1. The number of benzene rings is 1. The molecule has 13 nitrogen and oxygen atoms in total. The molecular weight excluding hydrogens is 650 g/mol. The molecule has 6 atom stereocenters. The third-order valence-electron chi connectivity index (χ3n) is 9.50. The number of carbonyl (C=O) groups excluding carboxylic acids is 5. The van der Waals surface area contributed by atoms with Crippen molar-refractivity contribution in [3.63, 3.8) is 0 Å². The van der Waals surface area contributed by atoms with Gasteiger partial charge in [-0.3, -0.25) is 24.0 Å². The van der Waals surface area contributed by atoms with Gasteiger partial charge in [-0.05, 0) is 69.2 Å². The Morgan fingerprint density at radius 1 is 0.918 bits per heavy atom. The zero-order valence-electron chi connectivity index (χ0n) is 29.6. The quantitative estimate of drug-likeness (QED) is 0.132. The van der Waals surface area contributed by atoms with Crippen LogP contribution >= 0.6 is 0 Å². The lowest BCUT2D eigenvalue weighted by Gasteiger charge is -2.36. The maximum Gasteiger partial charge on any atom is 0.302 e. The van der Waals surface area contributed by atoms with Crippen LogP contribution in [0.25, 0.3) is 0 Å². The monoisotopic (exact) mass is 705 g/mol. The molecule has 0 radical (unpaired) electrons. The second-order valence-corrected chi connectivity index (χ2v) is 15.6. The van der Waals surface area contributed by atoms with E-state index in [4.69, 9.17) is 4.74 Å². The molecule has 274 valence electrons. The maximum atomic E-state index is 14.4. The van der Waals surface area contributed by atoms with Crippen LogP contribution in [0.3, 0.4) is 0 Å². The lowest BCUT2D eigenvalue weighted by atomic mass is 9.84. The first-order chi connectivity index (χ1) is 23.3. The van der Waals surface area contributed by atoms with Crippen LogP contribution in [0.2, 0.25) is 0 Å². The second kappa shape index (κ2) is 19.0. The van der Waals surface area contributed by atoms with Crippen LogP contribution in [0.5, 0.6) is 0 Å². The van der Waals surface area contributed by atoms with Gasteiger partial charge in [0.15, 0.2) is 0 Å². The number of hydrogen-bond acceptors (Lipinski definition) is 9. The maximum absolute atomic E-state index is 14.4. The number of anilines is 1. The van der Waals surface area contributed by atoms with Gasteiger partial charge >= 0.3 is 5.97 Å². The number of ether oxygens (including phenoxy) is 1. The van der Waals surface area contributed by atoms with Gasteiger partial charge in [-0.1, -0.05) is 58.1 Å². The third kappa shape index (κ3) is 12.1. The smallest absolute Gasteiger partial charge is 0.302 e. The highest BCUT2D eigenvalue weighted by Gasteiger charge is 2.49. The molecule has 49 heavy (non-hydrogen) atoms. The summed E-state index contributed by atoms with van der Waals surface area (Å²) in [6, 6.07) is 3.16. The Labute approximate surface area is 291 Å². The van der Waals surface area contributed by atoms with Crippen molar-refractivity contribution in [1.82, 2.24) is 20.9 Å². The van der Waals surface area contributed by atoms with Gasteiger partial charge in [0.1, 0.15) is 34.6 Å². The number of likely N-dealkylation sites (tertiary alicyclic amines) is 1. The highest BCUT2D eigenvalue weighted by Crippen LogP contribution is 2.40. The molecule has 1 saturated heterocycles. The molecule has 3 rings (SSSR count). The Morgan fingerprint density at radius 2 is 1.61 bits per heavy atom. The number of carbonyl (C=O) groups is 5. The van der Waals surface area contributed by atoms with Crippen molar-refractivity contribution < 1.29 is 37.1 Å². The van der Waals surface area contributed by atoms with Crippen molar-refractivity contribution >= 4 is 45.1 Å². The zero-order chi connectivity index (χ0) is 36.1. The van der Waals surface area contributed by atoms with E-state index in [1.165, 1.54) is 6.92 Å². The highest BCUT2D eigenvalue weighted by molar-refractivity contribution is 7.90. The van der Waals surface area contributed by atoms with Gasteiger partial charge in [-0.2, -0.15) is 0 Å². The molecule has 1 aliphatic heterocycles. The van der Waals surface area contributed by atoms with Crippen LogP contribution in [-0.4, -0.2) is 92.2 Å². The van der Waals surface area contributed by atoms with Gasteiger partial charge in [0.05, 0.1) is 11.8 Å². The van der Waals surface area contributed by atoms with Crippen molar-refractivity contribution in [3.05, 3.63) is 29.8 Å². The van der Waals surface area contributed by atoms with E-state index >= 15 is 0 Å². The largest absolute Gasteiger partial charge is 0.461 e. The number of fused-ring (bicyclic) bond motifs is 1. The predicted octanol–water partition coefficient (Wildman–Crippen LogP) is 2.83. The summed E-state index contributed by atoms with van der Waals surface area (Å²) in [5.74, 6) is -2.34. The van der Waals surface area contributed by atoms with E-state index < -0.39 is 57.7 Å². The summed E-state index contributed by atoms with van der Waals surface area (Å²) in [6.45, 7) is 5.29. The fourth-order valence-electron chi connectivity index (χ4n) is 6.78. The van der Waals surface area contributed by atoms with Crippen molar-refractivity contribution in [2.45, 2.75) is 128 Å². The third-order valence-corrected chi connectivity index (χ3v) is 10.5. The predicted molar refractivity (Wildman–Crippen MR) is 187 cm³/mol. The summed E-state index contributed by atoms with van der Waals surface area (Å²) in [5.41, 5.74) is 1.26. The number of likely N-dealkylation sites (N-methyl/N-ethyl adjacent to an activating group) is 1. The molecule has 0 bridgehead atoms. The summed E-state index contributed by atoms with van der Waals surface area (Å²) in [6.07, 6.45) is 8.45. The van der Waals surface area contributed by atoms with Crippen LogP contribution in [0, 0.1) is 5.92 Å². The van der Waals surface area contributed by atoms with Gasteiger partial charge in [-0.25, -0.2) is 8.42 Å². The molecule has 2 unspecified atom stereocenters. The SMILES string of the molecule is CCCCC[C@H](NC)C(=O)N[C@@H](CCS(C)(=O)=O)C(=O)N1C2CCCCC2C[C@H]1C(=O)N[C@@H](CC)C(=O)Nc1ccc(COC(C)=O)cc1. The fourth-order valence-corrected chi connectivity index (χ4v) is 7.44. The molecule has 0 aromatic heterocycles. The number of unbranched alkanes of at least 4 members (excludes halogenated alkanes) is 2. The van der Waals surface area contributed by atoms with E-state index in [0.29, 0.717) is 31.4 Å². The Morgan fingerprint density at radius 3 is 2.22 bits per heavy atom. The minimum absolute atomic E-state index is 0.0817. The molecule has 1 saturated carbocycles. The van der Waals surface area contributed by atoms with Crippen LogP contribution in [0.15, 0.2) is 24.3 Å². The Bertz CT molecular complexity index is 1400. The fraction of sp³-hybridized carbons (Fsp3) is 0.686. The second-order valence-electron chi connectivity index (χ2n) is 13.4. The lowest BCUT2D eigenvalue weighted by molar-refractivity contribution is -0.144. The van der Waals surface area contributed by atoms with Gasteiger partial charge in [0.2, 0.25) is 23.6 Å². The van der Waals surface area contributed by atoms with Gasteiger partial charge in [0, 0.05) is 24.9 Å². The summed E-state index contributed by atoms with van der Waals surface area (Å²) in [5, 5.41) is 11.5. The van der Waals surface area contributed by atoms with E-state index in [2.05, 4.69) is 28.2 Å². The van der Waals surface area contributed by atoms with Gasteiger partial charge < -0.3 is 30.9 Å². The molecule has 1 aromatic carbocycles. The van der Waals surface area contributed by atoms with Crippen molar-refractivity contribution in [2.24, 2.45) is 5.92 Å². The van der Waals surface area contributed by atoms with Crippen LogP contribution in [-0.2, 0) is 45.2 Å². The summed E-state index contributed by atoms with van der Waals surface area (Å²) in [7, 11) is -1.77. The number of nitrogens with one attached hydrogen (secondary N) is 4. The first kappa shape index (κ1) is 39.9. The number of sulfone groups is 1. The molecule has 4 N–H and O–H groups in total. The molecule has 1 heterocycles. The van der Waals surface area contributed by atoms with Crippen LogP contribution in [0.1, 0.15) is 97.0 Å². The molecule has 1 aliphatic carbocycles. The van der Waals surface area contributed by atoms with E-state index in [1.807, 2.05) is 0 Å². The molecule has 14 heteroatoms. The van der Waals surface area contributed by atoms with Crippen LogP contribution < -0.4 is 21.3 Å². The molecule has 2 aliphatic rings. The minimum atomic E-state index is -3.45. The number of hydrogen-bond donors (Lipinski definition) is 4. The molecular formula is C35H55N5O8S. The Balaban J connectivity index is 1.79. The van der Waals surface area contributed by atoms with E-state index in [9.17, 15) is 32.4 Å². The highest BCUT2D eigenvalue weighted by atomic mass is 32.2. The first-order valence-corrected chi connectivity index (χ1v) is 19.6. The average molecular weight is 706 g/mol. The molecule has 4 amide bonds. The Hall–Kier alpha value is -3.52. The number of nitrogens with zero attached hydrogens (tertiary/aromatic N) is 1. The first-order valence-electron chi connectivity index (χ1n) is 17.6. The molecule has 2 fully saturated rings. The summed E-state index contributed by atoms with van der Waals surface area (Å²) in [4.78, 5) is 67.6. The van der Waals surface area contributed by atoms with E-state index in [0.717, 1.165) is 50.3 Å². The van der Waals surface area contributed by atoms with Crippen LogP contribution in [0.4, 0.5) is 5.69 Å². The normalized spacial score (nSPS) is 20.8. The van der Waals surface area contributed by atoms with Crippen molar-refractivity contribution in [2.75, 3.05) is 24.4 Å². The van der Waals surface area contributed by atoms with Crippen molar-refractivity contribution in [1.29, 1.82) is 0 Å².